The molecule has 2 rings (SSSR count). The van der Waals surface area contributed by atoms with Crippen LogP contribution in [0.1, 0.15) is 42.3 Å². The first kappa shape index (κ1) is 18.8. The highest BCUT2D eigenvalue weighted by atomic mass is 16.6. The van der Waals surface area contributed by atoms with E-state index in [0.29, 0.717) is 5.56 Å². The Morgan fingerprint density at radius 3 is 2.24 bits per heavy atom. The van der Waals surface area contributed by atoms with Gasteiger partial charge in [-0.3, -0.25) is 4.79 Å². The molecule has 5 heteroatoms. The van der Waals surface area contributed by atoms with Gasteiger partial charge in [0.25, 0.3) is 5.60 Å². The zero-order valence-corrected chi connectivity index (χ0v) is 14.7. The fourth-order valence-corrected chi connectivity index (χ4v) is 2.42. The number of carbonyl (C=O) groups excluding carboxylic acids is 2. The Morgan fingerprint density at radius 1 is 1.04 bits per heavy atom. The van der Waals surface area contributed by atoms with Crippen LogP contribution in [0.4, 0.5) is 0 Å². The standard InChI is InChI=1S/C20H23NO4/c1-19(2,3)25-18(23)20(24,16-11-7-8-14(12-16)13-21)17(22)15-9-5-4-6-10-15/h4-12,24H,13,21H2,1-3H3. The topological polar surface area (TPSA) is 89.6 Å². The summed E-state index contributed by atoms with van der Waals surface area (Å²) in [4.78, 5) is 25.8. The summed E-state index contributed by atoms with van der Waals surface area (Å²) in [5.74, 6) is -1.75. The van der Waals surface area contributed by atoms with E-state index in [2.05, 4.69) is 0 Å². The van der Waals surface area contributed by atoms with E-state index in [9.17, 15) is 14.7 Å². The van der Waals surface area contributed by atoms with Crippen LogP contribution in [0.5, 0.6) is 0 Å². The fourth-order valence-electron chi connectivity index (χ4n) is 2.42. The molecule has 0 aliphatic heterocycles. The largest absolute Gasteiger partial charge is 0.457 e. The molecular formula is C20H23NO4. The third kappa shape index (κ3) is 4.13. The van der Waals surface area contributed by atoms with Crippen molar-refractivity contribution in [2.45, 2.75) is 38.5 Å². The van der Waals surface area contributed by atoms with Gasteiger partial charge in [0.15, 0.2) is 0 Å². The Kier molecular flexibility index (Phi) is 5.40. The molecule has 0 aliphatic carbocycles. The molecule has 2 aromatic rings. The van der Waals surface area contributed by atoms with E-state index in [-0.39, 0.29) is 17.7 Å². The molecule has 0 saturated carbocycles. The number of carbonyl (C=O) groups is 2. The minimum Gasteiger partial charge on any atom is -0.457 e. The average Bonchev–Trinajstić information content (AvgIpc) is 2.59. The van der Waals surface area contributed by atoms with Crippen molar-refractivity contribution in [3.8, 4) is 0 Å². The summed E-state index contributed by atoms with van der Waals surface area (Å²) in [5.41, 5.74) is 3.40. The minimum absolute atomic E-state index is 0.138. The maximum absolute atomic E-state index is 13.0. The van der Waals surface area contributed by atoms with E-state index >= 15 is 0 Å². The lowest BCUT2D eigenvalue weighted by Gasteiger charge is -2.30. The Labute approximate surface area is 147 Å². The predicted octanol–water partition coefficient (Wildman–Crippen LogP) is 2.56. The molecule has 25 heavy (non-hydrogen) atoms. The van der Waals surface area contributed by atoms with Crippen LogP contribution in [0, 0.1) is 0 Å². The average molecular weight is 341 g/mol. The molecule has 0 spiro atoms. The summed E-state index contributed by atoms with van der Waals surface area (Å²) >= 11 is 0. The van der Waals surface area contributed by atoms with Crippen molar-refractivity contribution in [1.29, 1.82) is 0 Å². The van der Waals surface area contributed by atoms with Crippen LogP contribution in [-0.4, -0.2) is 22.5 Å². The lowest BCUT2D eigenvalue weighted by molar-refractivity contribution is -0.172. The second-order valence-electron chi connectivity index (χ2n) is 6.81. The summed E-state index contributed by atoms with van der Waals surface area (Å²) in [7, 11) is 0. The molecule has 3 N–H and O–H groups in total. The SMILES string of the molecule is CC(C)(C)OC(=O)C(O)(C(=O)c1ccccc1)c1cccc(CN)c1. The van der Waals surface area contributed by atoms with Gasteiger partial charge in [0.2, 0.25) is 5.78 Å². The van der Waals surface area contributed by atoms with E-state index in [4.69, 9.17) is 10.5 Å². The van der Waals surface area contributed by atoms with Crippen LogP contribution in [-0.2, 0) is 21.7 Å². The normalized spacial score (nSPS) is 13.8. The number of aliphatic hydroxyl groups is 1. The number of Topliss-reactive ketones (excluding diaryl/α,β-unsaturated/α-hetero) is 1. The third-order valence-corrected chi connectivity index (χ3v) is 3.64. The molecule has 0 aliphatic rings. The van der Waals surface area contributed by atoms with E-state index in [1.165, 1.54) is 6.07 Å². The summed E-state index contributed by atoms with van der Waals surface area (Å²) in [6.07, 6.45) is 0. The fraction of sp³-hybridized carbons (Fsp3) is 0.300. The van der Waals surface area contributed by atoms with Crippen molar-refractivity contribution in [3.63, 3.8) is 0 Å². The van der Waals surface area contributed by atoms with Crippen molar-refractivity contribution < 1.29 is 19.4 Å². The van der Waals surface area contributed by atoms with Crippen LogP contribution in [0.15, 0.2) is 54.6 Å². The molecule has 2 aromatic carbocycles. The number of nitrogens with two attached hydrogens (primary N) is 1. The van der Waals surface area contributed by atoms with Gasteiger partial charge in [0, 0.05) is 17.7 Å². The second kappa shape index (κ2) is 7.17. The first-order chi connectivity index (χ1) is 11.7. The molecule has 0 bridgehead atoms. The number of benzene rings is 2. The highest BCUT2D eigenvalue weighted by Gasteiger charge is 2.49. The summed E-state index contributed by atoms with van der Waals surface area (Å²) in [5, 5.41) is 11.2. The van der Waals surface area contributed by atoms with Crippen molar-refractivity contribution in [1.82, 2.24) is 0 Å². The van der Waals surface area contributed by atoms with Crippen LogP contribution in [0.2, 0.25) is 0 Å². The Hall–Kier alpha value is -2.50. The summed E-state index contributed by atoms with van der Waals surface area (Å²) < 4.78 is 5.33. The maximum atomic E-state index is 13.0. The summed E-state index contributed by atoms with van der Waals surface area (Å²) in [6.45, 7) is 5.25. The van der Waals surface area contributed by atoms with Gasteiger partial charge >= 0.3 is 5.97 Å². The molecule has 0 radical (unpaired) electrons. The van der Waals surface area contributed by atoms with Gasteiger partial charge in [-0.05, 0) is 26.3 Å². The van der Waals surface area contributed by atoms with Crippen LogP contribution in [0.25, 0.3) is 0 Å². The Morgan fingerprint density at radius 2 is 1.68 bits per heavy atom. The smallest absolute Gasteiger partial charge is 0.351 e. The highest BCUT2D eigenvalue weighted by molar-refractivity contribution is 6.15. The van der Waals surface area contributed by atoms with E-state index in [0.717, 1.165) is 0 Å². The van der Waals surface area contributed by atoms with E-state index in [1.807, 2.05) is 0 Å². The molecule has 5 nitrogen and oxygen atoms in total. The molecular weight excluding hydrogens is 318 g/mol. The second-order valence-corrected chi connectivity index (χ2v) is 6.81. The van der Waals surface area contributed by atoms with Crippen LogP contribution >= 0.6 is 0 Å². The number of ketones is 1. The van der Waals surface area contributed by atoms with Crippen LogP contribution in [0.3, 0.4) is 0 Å². The number of esters is 1. The molecule has 132 valence electrons. The molecule has 0 heterocycles. The van der Waals surface area contributed by atoms with Gasteiger partial charge in [-0.1, -0.05) is 54.6 Å². The van der Waals surface area contributed by atoms with Crippen LogP contribution < -0.4 is 5.73 Å². The van der Waals surface area contributed by atoms with Crippen molar-refractivity contribution in [2.24, 2.45) is 5.73 Å². The lowest BCUT2D eigenvalue weighted by Crippen LogP contribution is -2.47. The van der Waals surface area contributed by atoms with Crippen molar-refractivity contribution in [3.05, 3.63) is 71.3 Å². The molecule has 0 saturated heterocycles. The molecule has 0 amide bonds. The minimum atomic E-state index is -2.44. The van der Waals surface area contributed by atoms with Gasteiger partial charge < -0.3 is 15.6 Å². The highest BCUT2D eigenvalue weighted by Crippen LogP contribution is 2.30. The van der Waals surface area contributed by atoms with E-state index < -0.39 is 23.0 Å². The number of ether oxygens (including phenoxy) is 1. The number of hydrogen-bond donors (Lipinski definition) is 2. The first-order valence-corrected chi connectivity index (χ1v) is 8.03. The zero-order valence-electron chi connectivity index (χ0n) is 14.7. The van der Waals surface area contributed by atoms with Crippen molar-refractivity contribution in [2.75, 3.05) is 0 Å². The quantitative estimate of drug-likeness (QED) is 0.495. The van der Waals surface area contributed by atoms with Gasteiger partial charge in [0.1, 0.15) is 5.60 Å². The van der Waals surface area contributed by atoms with Gasteiger partial charge in [0.05, 0.1) is 0 Å². The number of hydrogen-bond acceptors (Lipinski definition) is 5. The lowest BCUT2D eigenvalue weighted by atomic mass is 9.85. The Bertz CT molecular complexity index is 765. The van der Waals surface area contributed by atoms with Gasteiger partial charge in [-0.15, -0.1) is 0 Å². The number of rotatable bonds is 5. The zero-order chi connectivity index (χ0) is 18.7. The molecule has 0 aromatic heterocycles. The molecule has 0 fully saturated rings. The van der Waals surface area contributed by atoms with E-state index in [1.54, 1.807) is 69.3 Å². The summed E-state index contributed by atoms with van der Waals surface area (Å²) in [6, 6.07) is 14.6. The van der Waals surface area contributed by atoms with Gasteiger partial charge in [-0.25, -0.2) is 4.79 Å². The Balaban J connectivity index is 2.58. The first-order valence-electron chi connectivity index (χ1n) is 8.03. The molecule has 1 atom stereocenters. The van der Waals surface area contributed by atoms with Gasteiger partial charge in [-0.2, -0.15) is 0 Å². The molecule has 1 unspecified atom stereocenters. The third-order valence-electron chi connectivity index (χ3n) is 3.64. The maximum Gasteiger partial charge on any atom is 0.351 e. The van der Waals surface area contributed by atoms with Crippen molar-refractivity contribution >= 4 is 11.8 Å². The monoisotopic (exact) mass is 341 g/mol. The predicted molar refractivity (Wildman–Crippen MR) is 94.8 cm³/mol.